The van der Waals surface area contributed by atoms with Crippen molar-refractivity contribution in [2.75, 3.05) is 22.2 Å². The molecule has 0 spiro atoms. The van der Waals surface area contributed by atoms with Crippen LogP contribution in [0.15, 0.2) is 84.3 Å². The fourth-order valence-corrected chi connectivity index (χ4v) is 4.02. The van der Waals surface area contributed by atoms with Crippen LogP contribution < -0.4 is 15.5 Å². The molecule has 2 aromatic heterocycles. The predicted molar refractivity (Wildman–Crippen MR) is 123 cm³/mol. The number of alkyl halides is 3. The van der Waals surface area contributed by atoms with Gasteiger partial charge in [0.1, 0.15) is 11.6 Å². The van der Waals surface area contributed by atoms with Crippen LogP contribution in [-0.4, -0.2) is 41.5 Å². The fraction of sp³-hybridized carbons (Fsp3) is 0.136. The maximum Gasteiger partial charge on any atom is 0.501 e. The number of sulfone groups is 1. The van der Waals surface area contributed by atoms with E-state index in [0.717, 1.165) is 17.7 Å². The number of aromatic nitrogens is 2. The van der Waals surface area contributed by atoms with Gasteiger partial charge in [0, 0.05) is 37.0 Å². The van der Waals surface area contributed by atoms with Gasteiger partial charge in [0.05, 0.1) is 11.6 Å². The quantitative estimate of drug-likeness (QED) is 0.519. The molecule has 3 aromatic rings. The largest absolute Gasteiger partial charge is 0.501 e. The van der Waals surface area contributed by atoms with Gasteiger partial charge in [-0.1, -0.05) is 6.07 Å². The minimum atomic E-state index is -5.39. The number of nitrogens with zero attached hydrogens (tertiary/aromatic N) is 4. The van der Waals surface area contributed by atoms with Crippen molar-refractivity contribution >= 4 is 33.2 Å². The molecule has 35 heavy (non-hydrogen) atoms. The summed E-state index contributed by atoms with van der Waals surface area (Å²) in [5, 5.41) is 5.24. The Morgan fingerprint density at radius 3 is 2.34 bits per heavy atom. The number of carbonyl (C=O) groups is 1. The zero-order chi connectivity index (χ0) is 25.1. The lowest BCUT2D eigenvalue weighted by atomic mass is 10.2. The Labute approximate surface area is 198 Å². The molecule has 1 aromatic carbocycles. The van der Waals surface area contributed by atoms with E-state index in [1.807, 2.05) is 4.90 Å². The molecular formula is C22H19F3N6O3S. The number of anilines is 3. The highest BCUT2D eigenvalue weighted by Crippen LogP contribution is 2.31. The minimum absolute atomic E-state index is 0.345. The zero-order valence-electron chi connectivity index (χ0n) is 18.0. The highest BCUT2D eigenvalue weighted by molar-refractivity contribution is 7.92. The lowest BCUT2D eigenvalue weighted by Gasteiger charge is -2.22. The predicted octanol–water partition coefficient (Wildman–Crippen LogP) is 4.17. The summed E-state index contributed by atoms with van der Waals surface area (Å²) < 4.78 is 61.2. The first-order chi connectivity index (χ1) is 16.6. The molecule has 0 atom stereocenters. The topological polar surface area (TPSA) is 108 Å². The Kier molecular flexibility index (Phi) is 6.60. The van der Waals surface area contributed by atoms with Crippen molar-refractivity contribution in [2.24, 2.45) is 0 Å². The van der Waals surface area contributed by atoms with E-state index in [0.29, 0.717) is 30.5 Å². The van der Waals surface area contributed by atoms with Crippen molar-refractivity contribution in [2.45, 2.75) is 16.9 Å². The number of halogens is 3. The smallest absolute Gasteiger partial charge is 0.354 e. The van der Waals surface area contributed by atoms with E-state index in [2.05, 4.69) is 20.6 Å². The van der Waals surface area contributed by atoms with Crippen LogP contribution in [0.1, 0.15) is 5.56 Å². The summed E-state index contributed by atoms with van der Waals surface area (Å²) in [6.07, 6.45) is 6.64. The molecule has 0 radical (unpaired) electrons. The number of urea groups is 1. The summed E-state index contributed by atoms with van der Waals surface area (Å²) in [6, 6.07) is 12.6. The third-order valence-corrected chi connectivity index (χ3v) is 6.44. The summed E-state index contributed by atoms with van der Waals surface area (Å²) in [5.74, 6) is 0.741. The number of benzene rings is 1. The second kappa shape index (κ2) is 9.62. The Hall–Kier alpha value is -4.13. The van der Waals surface area contributed by atoms with E-state index in [9.17, 15) is 26.4 Å². The molecule has 13 heteroatoms. The molecule has 1 aliphatic heterocycles. The van der Waals surface area contributed by atoms with Gasteiger partial charge in [-0.15, -0.1) is 0 Å². The van der Waals surface area contributed by atoms with Crippen LogP contribution in [0.4, 0.5) is 35.3 Å². The van der Waals surface area contributed by atoms with Crippen LogP contribution in [0.2, 0.25) is 0 Å². The van der Waals surface area contributed by atoms with Crippen molar-refractivity contribution in [3.05, 3.63) is 85.0 Å². The molecule has 4 rings (SSSR count). The molecule has 2 N–H and O–H groups in total. The van der Waals surface area contributed by atoms with Crippen LogP contribution in [0, 0.1) is 0 Å². The average molecular weight is 504 g/mol. The minimum Gasteiger partial charge on any atom is -0.354 e. The molecule has 0 unspecified atom stereocenters. The van der Waals surface area contributed by atoms with E-state index >= 15 is 0 Å². The van der Waals surface area contributed by atoms with Crippen LogP contribution in [-0.2, 0) is 16.4 Å². The third-order valence-electron chi connectivity index (χ3n) is 4.93. The van der Waals surface area contributed by atoms with E-state index < -0.39 is 26.3 Å². The summed E-state index contributed by atoms with van der Waals surface area (Å²) in [5.41, 5.74) is -3.96. The maximum absolute atomic E-state index is 12.7. The molecule has 0 bridgehead atoms. The molecule has 182 valence electrons. The van der Waals surface area contributed by atoms with Gasteiger partial charge in [0.15, 0.2) is 0 Å². The molecule has 2 amide bonds. The van der Waals surface area contributed by atoms with Gasteiger partial charge in [-0.25, -0.2) is 23.2 Å². The number of hydrogen-bond acceptors (Lipinski definition) is 7. The van der Waals surface area contributed by atoms with Crippen molar-refractivity contribution in [1.82, 2.24) is 14.9 Å². The lowest BCUT2D eigenvalue weighted by Crippen LogP contribution is -2.25. The highest BCUT2D eigenvalue weighted by Gasteiger charge is 2.46. The Balaban J connectivity index is 1.35. The molecule has 3 heterocycles. The number of amides is 2. The number of rotatable bonds is 6. The normalized spacial score (nSPS) is 13.7. The summed E-state index contributed by atoms with van der Waals surface area (Å²) in [7, 11) is -5.39. The van der Waals surface area contributed by atoms with Crippen molar-refractivity contribution in [3.8, 4) is 0 Å². The van der Waals surface area contributed by atoms with Crippen LogP contribution in [0.25, 0.3) is 0 Å². The van der Waals surface area contributed by atoms with E-state index in [-0.39, 0.29) is 0 Å². The van der Waals surface area contributed by atoms with Crippen molar-refractivity contribution < 1.29 is 26.4 Å². The van der Waals surface area contributed by atoms with E-state index in [1.165, 1.54) is 12.1 Å². The van der Waals surface area contributed by atoms with Crippen LogP contribution >= 0.6 is 0 Å². The molecule has 9 nitrogen and oxygen atoms in total. The summed E-state index contributed by atoms with van der Waals surface area (Å²) in [4.78, 5) is 23.2. The van der Waals surface area contributed by atoms with E-state index in [4.69, 9.17) is 0 Å². The lowest BCUT2D eigenvalue weighted by molar-refractivity contribution is -0.0436. The van der Waals surface area contributed by atoms with Gasteiger partial charge >= 0.3 is 11.5 Å². The first-order valence-electron chi connectivity index (χ1n) is 10.2. The van der Waals surface area contributed by atoms with Crippen LogP contribution in [0.3, 0.4) is 0 Å². The molecule has 1 aliphatic rings. The highest BCUT2D eigenvalue weighted by atomic mass is 32.2. The van der Waals surface area contributed by atoms with Gasteiger partial charge in [-0.2, -0.15) is 13.2 Å². The molecule has 0 saturated carbocycles. The van der Waals surface area contributed by atoms with Gasteiger partial charge in [-0.3, -0.25) is 10.6 Å². The van der Waals surface area contributed by atoms with Gasteiger partial charge in [-0.05, 0) is 54.1 Å². The molecular weight excluding hydrogens is 485 g/mol. The zero-order valence-corrected chi connectivity index (χ0v) is 18.8. The van der Waals surface area contributed by atoms with Crippen molar-refractivity contribution in [1.29, 1.82) is 0 Å². The number of nitrogens with one attached hydrogen (secondary N) is 2. The van der Waals surface area contributed by atoms with Gasteiger partial charge in [0.2, 0.25) is 0 Å². The summed E-state index contributed by atoms with van der Waals surface area (Å²) >= 11 is 0. The van der Waals surface area contributed by atoms with Crippen LogP contribution in [0.5, 0.6) is 0 Å². The third kappa shape index (κ3) is 5.69. The molecule has 0 fully saturated rings. The van der Waals surface area contributed by atoms with Gasteiger partial charge in [0.25, 0.3) is 9.84 Å². The molecule has 0 saturated heterocycles. The second-order valence-electron chi connectivity index (χ2n) is 7.44. The Bertz CT molecular complexity index is 1330. The standard InChI is InChI=1S/C22H19F3N6O3S/c23-22(24,25)35(33,34)18-6-4-17(5-7-18)31-12-11-30(15-31)14-16-8-10-27-20(13-16)29-21(32)28-19-3-1-2-9-26-19/h1-13H,14-15H2,(H2,26,27,28,29,32). The Morgan fingerprint density at radius 1 is 0.943 bits per heavy atom. The monoisotopic (exact) mass is 504 g/mol. The maximum atomic E-state index is 12.7. The second-order valence-corrected chi connectivity index (χ2v) is 9.38. The number of hydrogen-bond donors (Lipinski definition) is 2. The molecule has 0 aliphatic carbocycles. The summed E-state index contributed by atoms with van der Waals surface area (Å²) in [6.45, 7) is 0.850. The fourth-order valence-electron chi connectivity index (χ4n) is 3.26. The van der Waals surface area contributed by atoms with Crippen molar-refractivity contribution in [3.63, 3.8) is 0 Å². The number of pyridine rings is 2. The van der Waals surface area contributed by atoms with Gasteiger partial charge < -0.3 is 9.80 Å². The first-order valence-corrected chi connectivity index (χ1v) is 11.6. The van der Waals surface area contributed by atoms with E-state index in [1.54, 1.807) is 60.0 Å². The average Bonchev–Trinajstić information content (AvgIpc) is 3.27. The first kappa shape index (κ1) is 24.0. The Morgan fingerprint density at radius 2 is 1.66 bits per heavy atom. The number of carbonyl (C=O) groups excluding carboxylic acids is 1. The SMILES string of the molecule is O=C(Nc1ccccn1)Nc1cc(CN2C=CN(c3ccc(S(=O)(=O)C(F)(F)F)cc3)C2)ccn1.